The number of fused-ring (bicyclic) bond motifs is 6. The van der Waals surface area contributed by atoms with E-state index in [0.29, 0.717) is 17.3 Å². The summed E-state index contributed by atoms with van der Waals surface area (Å²) in [7, 11) is 0. The van der Waals surface area contributed by atoms with E-state index in [1.54, 1.807) is 17.3 Å². The number of benzene rings is 2. The van der Waals surface area contributed by atoms with Crippen molar-refractivity contribution in [2.24, 2.45) is 0 Å². The lowest BCUT2D eigenvalue weighted by Crippen LogP contribution is -2.55. The van der Waals surface area contributed by atoms with Gasteiger partial charge in [-0.25, -0.2) is 9.69 Å². The number of hydrogen-bond acceptors (Lipinski definition) is 4. The summed E-state index contributed by atoms with van der Waals surface area (Å²) in [5.41, 5.74) is 1.45. The highest BCUT2D eigenvalue weighted by Crippen LogP contribution is 2.43. The third kappa shape index (κ3) is 2.64. The predicted octanol–water partition coefficient (Wildman–Crippen LogP) is 3.23. The molecule has 3 aliphatic heterocycles. The lowest BCUT2D eigenvalue weighted by Gasteiger charge is -2.36. The van der Waals surface area contributed by atoms with Crippen LogP contribution < -0.4 is 10.2 Å². The van der Waals surface area contributed by atoms with Gasteiger partial charge in [0.05, 0.1) is 29.7 Å². The molecule has 154 valence electrons. The number of rotatable bonds is 2. The SMILES string of the molecule is O=C1[C@H]2C3CC(CN3C(=S)Nc3cccnc3)N2C(=O)N1c1cccc2ccccc12. The second-order valence-corrected chi connectivity index (χ2v) is 8.47. The van der Waals surface area contributed by atoms with Gasteiger partial charge in [-0.3, -0.25) is 9.78 Å². The van der Waals surface area contributed by atoms with E-state index in [0.717, 1.165) is 22.9 Å². The Morgan fingerprint density at radius 1 is 1.06 bits per heavy atom. The molecule has 1 aromatic heterocycles. The standard InChI is InChI=1S/C23H19N5O2S/c29-21-20-19-11-16(13-26(19)22(31)25-15-7-4-10-24-12-15)27(20)23(30)28(21)18-9-3-6-14-5-1-2-8-17(14)18/h1-10,12,16,19-20H,11,13H2,(H,25,31)/t16?,19?,20-/m1/s1. The van der Waals surface area contributed by atoms with Crippen LogP contribution in [0.1, 0.15) is 6.42 Å². The molecular formula is C23H19N5O2S. The molecule has 31 heavy (non-hydrogen) atoms. The number of amides is 3. The zero-order valence-electron chi connectivity index (χ0n) is 16.5. The summed E-state index contributed by atoms with van der Waals surface area (Å²) < 4.78 is 0. The monoisotopic (exact) mass is 429 g/mol. The summed E-state index contributed by atoms with van der Waals surface area (Å²) in [6, 6.07) is 16.3. The zero-order valence-corrected chi connectivity index (χ0v) is 17.3. The molecule has 3 fully saturated rings. The van der Waals surface area contributed by atoms with Crippen molar-refractivity contribution in [3.8, 4) is 0 Å². The van der Waals surface area contributed by atoms with Crippen LogP contribution in [0.5, 0.6) is 0 Å². The Balaban J connectivity index is 1.31. The molecule has 4 heterocycles. The molecule has 8 heteroatoms. The van der Waals surface area contributed by atoms with E-state index in [9.17, 15) is 9.59 Å². The predicted molar refractivity (Wildman–Crippen MR) is 122 cm³/mol. The minimum Gasteiger partial charge on any atom is -0.341 e. The lowest BCUT2D eigenvalue weighted by atomic mass is 10.1. The summed E-state index contributed by atoms with van der Waals surface area (Å²) in [6.07, 6.45) is 4.16. The van der Waals surface area contributed by atoms with Crippen LogP contribution >= 0.6 is 12.2 Å². The van der Waals surface area contributed by atoms with Gasteiger partial charge in [0.25, 0.3) is 5.91 Å². The molecule has 0 spiro atoms. The van der Waals surface area contributed by atoms with Gasteiger partial charge in [-0.2, -0.15) is 0 Å². The number of thiocarbonyl (C=S) groups is 1. The van der Waals surface area contributed by atoms with Gasteiger partial charge in [0, 0.05) is 18.1 Å². The van der Waals surface area contributed by atoms with Crippen molar-refractivity contribution in [2.75, 3.05) is 16.8 Å². The first-order valence-electron chi connectivity index (χ1n) is 10.2. The normalized spacial score (nSPS) is 24.3. The van der Waals surface area contributed by atoms with Crippen LogP contribution in [-0.4, -0.2) is 56.5 Å². The van der Waals surface area contributed by atoms with Gasteiger partial charge in [0.1, 0.15) is 6.04 Å². The maximum atomic E-state index is 13.5. The molecule has 7 nitrogen and oxygen atoms in total. The van der Waals surface area contributed by atoms with E-state index in [4.69, 9.17) is 12.2 Å². The highest BCUT2D eigenvalue weighted by atomic mass is 32.1. The van der Waals surface area contributed by atoms with Crippen molar-refractivity contribution in [3.05, 3.63) is 67.0 Å². The average Bonchev–Trinajstić information content (AvgIpc) is 3.46. The van der Waals surface area contributed by atoms with Crippen LogP contribution in [0.4, 0.5) is 16.2 Å². The molecule has 3 atom stereocenters. The van der Waals surface area contributed by atoms with Gasteiger partial charge in [-0.1, -0.05) is 36.4 Å². The first-order valence-corrected chi connectivity index (χ1v) is 10.7. The lowest BCUT2D eigenvalue weighted by molar-refractivity contribution is -0.120. The first kappa shape index (κ1) is 18.3. The van der Waals surface area contributed by atoms with Crippen molar-refractivity contribution in [3.63, 3.8) is 0 Å². The van der Waals surface area contributed by atoms with Crippen LogP contribution in [0.2, 0.25) is 0 Å². The van der Waals surface area contributed by atoms with E-state index >= 15 is 0 Å². The maximum Gasteiger partial charge on any atom is 0.332 e. The summed E-state index contributed by atoms with van der Waals surface area (Å²) in [6.45, 7) is 0.621. The van der Waals surface area contributed by atoms with Gasteiger partial charge < -0.3 is 15.1 Å². The second-order valence-electron chi connectivity index (χ2n) is 8.09. The Hall–Kier alpha value is -3.52. The fourth-order valence-corrected chi connectivity index (χ4v) is 5.48. The Bertz CT molecular complexity index is 1230. The van der Waals surface area contributed by atoms with Crippen LogP contribution in [-0.2, 0) is 4.79 Å². The molecule has 2 aromatic carbocycles. The third-order valence-corrected chi connectivity index (χ3v) is 6.78. The van der Waals surface area contributed by atoms with E-state index in [1.807, 2.05) is 59.5 Å². The number of hydrogen-bond donors (Lipinski definition) is 1. The quantitative estimate of drug-likeness (QED) is 0.498. The van der Waals surface area contributed by atoms with Crippen LogP contribution in [0.3, 0.4) is 0 Å². The van der Waals surface area contributed by atoms with E-state index in [-0.39, 0.29) is 24.0 Å². The number of aromatic nitrogens is 1. The van der Waals surface area contributed by atoms with Gasteiger partial charge in [-0.05, 0) is 42.2 Å². The molecule has 2 bridgehead atoms. The Labute approximate surface area is 184 Å². The Morgan fingerprint density at radius 2 is 1.90 bits per heavy atom. The van der Waals surface area contributed by atoms with Crippen molar-refractivity contribution in [1.82, 2.24) is 14.8 Å². The summed E-state index contributed by atoms with van der Waals surface area (Å²) >= 11 is 5.63. The average molecular weight is 430 g/mol. The van der Waals surface area contributed by atoms with Crippen molar-refractivity contribution < 1.29 is 9.59 Å². The number of pyridine rings is 1. The number of anilines is 2. The number of nitrogens with zero attached hydrogens (tertiary/aromatic N) is 4. The Kier molecular flexibility index (Phi) is 3.97. The summed E-state index contributed by atoms with van der Waals surface area (Å²) in [5.74, 6) is -0.178. The molecular weight excluding hydrogens is 410 g/mol. The van der Waals surface area contributed by atoms with Gasteiger partial charge in [0.15, 0.2) is 5.11 Å². The van der Waals surface area contributed by atoms with E-state index < -0.39 is 6.04 Å². The highest BCUT2D eigenvalue weighted by molar-refractivity contribution is 7.80. The van der Waals surface area contributed by atoms with Crippen molar-refractivity contribution in [1.29, 1.82) is 0 Å². The molecule has 3 amide bonds. The van der Waals surface area contributed by atoms with Crippen LogP contribution in [0.25, 0.3) is 10.8 Å². The molecule has 1 N–H and O–H groups in total. The molecule has 3 aromatic rings. The number of carbonyl (C=O) groups is 2. The largest absolute Gasteiger partial charge is 0.341 e. The first-order chi connectivity index (χ1) is 15.1. The molecule has 6 rings (SSSR count). The minimum atomic E-state index is -0.515. The Morgan fingerprint density at radius 3 is 2.74 bits per heavy atom. The van der Waals surface area contributed by atoms with Crippen molar-refractivity contribution >= 4 is 51.4 Å². The minimum absolute atomic E-state index is 0.0277. The zero-order chi connectivity index (χ0) is 21.1. The smallest absolute Gasteiger partial charge is 0.332 e. The molecule has 0 aliphatic carbocycles. The molecule has 0 radical (unpaired) electrons. The number of urea groups is 1. The second kappa shape index (κ2) is 6.75. The topological polar surface area (TPSA) is 68.8 Å². The van der Waals surface area contributed by atoms with Gasteiger partial charge in [-0.15, -0.1) is 0 Å². The van der Waals surface area contributed by atoms with Gasteiger partial charge in [0.2, 0.25) is 0 Å². The number of nitrogens with one attached hydrogen (secondary N) is 1. The number of imide groups is 1. The third-order valence-electron chi connectivity index (χ3n) is 6.45. The van der Waals surface area contributed by atoms with Crippen LogP contribution in [0, 0.1) is 0 Å². The maximum absolute atomic E-state index is 13.5. The van der Waals surface area contributed by atoms with E-state index in [2.05, 4.69) is 10.3 Å². The van der Waals surface area contributed by atoms with Crippen LogP contribution in [0.15, 0.2) is 67.0 Å². The number of piperazine rings is 1. The summed E-state index contributed by atoms with van der Waals surface area (Å²) in [5, 5.41) is 5.66. The van der Waals surface area contributed by atoms with Crippen molar-refractivity contribution in [2.45, 2.75) is 24.5 Å². The van der Waals surface area contributed by atoms with E-state index in [1.165, 1.54) is 4.90 Å². The molecule has 2 unspecified atom stereocenters. The molecule has 0 saturated carbocycles. The highest BCUT2D eigenvalue weighted by Gasteiger charge is 2.62. The summed E-state index contributed by atoms with van der Waals surface area (Å²) in [4.78, 5) is 36.1. The fraction of sp³-hybridized carbons (Fsp3) is 0.217. The molecule has 3 saturated heterocycles. The number of likely N-dealkylation sites (tertiary alicyclic amines) is 1. The molecule has 3 aliphatic rings. The number of carbonyl (C=O) groups excluding carboxylic acids is 2. The fourth-order valence-electron chi connectivity index (χ4n) is 5.15. The van der Waals surface area contributed by atoms with Gasteiger partial charge >= 0.3 is 6.03 Å².